The van der Waals surface area contributed by atoms with Crippen LogP contribution < -0.4 is 0 Å². The van der Waals surface area contributed by atoms with Gasteiger partial charge in [-0.1, -0.05) is 52.4 Å². The van der Waals surface area contributed by atoms with Crippen molar-refractivity contribution < 1.29 is 9.53 Å². The first-order valence-corrected chi connectivity index (χ1v) is 7.89. The Morgan fingerprint density at radius 2 is 1.74 bits per heavy atom. The molecule has 0 amide bonds. The zero-order valence-corrected chi connectivity index (χ0v) is 13.4. The summed E-state index contributed by atoms with van der Waals surface area (Å²) in [6, 6.07) is 0. The smallest absolute Gasteiger partial charge is 0.132 e. The monoisotopic (exact) mass is 271 g/mol. The van der Waals surface area contributed by atoms with Crippen molar-refractivity contribution in [2.45, 2.75) is 71.8 Å². The van der Waals surface area contributed by atoms with Crippen LogP contribution in [-0.2, 0) is 9.53 Å². The van der Waals surface area contributed by atoms with Crippen LogP contribution >= 0.6 is 0 Å². The third kappa shape index (κ3) is 12.4. The lowest BCUT2D eigenvalue weighted by molar-refractivity contribution is -0.121. The fraction of sp³-hybridized carbons (Fsp3) is 0.938. The van der Waals surface area contributed by atoms with Crippen LogP contribution in [0.2, 0.25) is 0 Å². The molecule has 1 saturated heterocycles. The number of unbranched alkanes of at least 4 members (excludes halogenated alkanes) is 5. The van der Waals surface area contributed by atoms with Crippen LogP contribution in [0.1, 0.15) is 65.7 Å². The Morgan fingerprint density at radius 1 is 1.16 bits per heavy atom. The van der Waals surface area contributed by atoms with Crippen molar-refractivity contribution in [2.75, 3.05) is 26.7 Å². The molecule has 0 aromatic rings. The normalized spacial score (nSPS) is 19.7. The molecule has 1 unspecified atom stereocenters. The third-order valence-electron chi connectivity index (χ3n) is 3.31. The van der Waals surface area contributed by atoms with Crippen molar-refractivity contribution in [1.29, 1.82) is 0 Å². The SMILES string of the molecule is CC(=O)CC1CN(C)CCO1.CCCCCCCC. The van der Waals surface area contributed by atoms with E-state index in [1.807, 2.05) is 0 Å². The summed E-state index contributed by atoms with van der Waals surface area (Å²) in [5.41, 5.74) is 0. The van der Waals surface area contributed by atoms with E-state index < -0.39 is 0 Å². The molecule has 114 valence electrons. The minimum Gasteiger partial charge on any atom is -0.375 e. The van der Waals surface area contributed by atoms with Crippen molar-refractivity contribution in [3.8, 4) is 0 Å². The molecule has 1 rings (SSSR count). The number of hydrogen-bond donors (Lipinski definition) is 0. The molecule has 1 aliphatic heterocycles. The van der Waals surface area contributed by atoms with E-state index in [-0.39, 0.29) is 11.9 Å². The molecule has 1 atom stereocenters. The van der Waals surface area contributed by atoms with Crippen molar-refractivity contribution in [2.24, 2.45) is 0 Å². The van der Waals surface area contributed by atoms with Crippen LogP contribution in [0, 0.1) is 0 Å². The van der Waals surface area contributed by atoms with E-state index in [1.54, 1.807) is 6.92 Å². The summed E-state index contributed by atoms with van der Waals surface area (Å²) >= 11 is 0. The van der Waals surface area contributed by atoms with Gasteiger partial charge in [0.1, 0.15) is 5.78 Å². The zero-order chi connectivity index (χ0) is 14.5. The quantitative estimate of drug-likeness (QED) is 0.662. The summed E-state index contributed by atoms with van der Waals surface area (Å²) in [5, 5.41) is 0. The average molecular weight is 271 g/mol. The van der Waals surface area contributed by atoms with Gasteiger partial charge >= 0.3 is 0 Å². The Balaban J connectivity index is 0.000000362. The van der Waals surface area contributed by atoms with Crippen molar-refractivity contribution in [3.63, 3.8) is 0 Å². The topological polar surface area (TPSA) is 29.5 Å². The molecule has 1 aliphatic rings. The molecule has 0 bridgehead atoms. The van der Waals surface area contributed by atoms with Gasteiger partial charge in [0, 0.05) is 19.5 Å². The second-order valence-electron chi connectivity index (χ2n) is 5.58. The number of ether oxygens (including phenoxy) is 1. The van der Waals surface area contributed by atoms with Crippen LogP contribution in [0.5, 0.6) is 0 Å². The molecule has 1 heterocycles. The highest BCUT2D eigenvalue weighted by atomic mass is 16.5. The maximum atomic E-state index is 10.7. The Bertz CT molecular complexity index is 213. The van der Waals surface area contributed by atoms with E-state index in [0.717, 1.165) is 19.7 Å². The average Bonchev–Trinajstić information content (AvgIpc) is 2.35. The molecule has 0 saturated carbocycles. The minimum atomic E-state index is 0.131. The Labute approximate surface area is 119 Å². The fourth-order valence-electron chi connectivity index (χ4n) is 2.16. The molecular weight excluding hydrogens is 238 g/mol. The highest BCUT2D eigenvalue weighted by Crippen LogP contribution is 2.06. The van der Waals surface area contributed by atoms with Crippen LogP contribution in [0.15, 0.2) is 0 Å². The molecule has 0 aliphatic carbocycles. The lowest BCUT2D eigenvalue weighted by Gasteiger charge is -2.29. The first-order valence-electron chi connectivity index (χ1n) is 7.89. The molecule has 3 heteroatoms. The number of carbonyl (C=O) groups is 1. The molecule has 0 N–H and O–H groups in total. The summed E-state index contributed by atoms with van der Waals surface area (Å²) in [6.07, 6.45) is 9.18. The molecule has 0 spiro atoms. The first-order chi connectivity index (χ1) is 9.10. The van der Waals surface area contributed by atoms with Gasteiger partial charge in [-0.15, -0.1) is 0 Å². The Hall–Kier alpha value is -0.410. The second-order valence-corrected chi connectivity index (χ2v) is 5.58. The van der Waals surface area contributed by atoms with Crippen molar-refractivity contribution in [3.05, 3.63) is 0 Å². The predicted molar refractivity (Wildman–Crippen MR) is 81.6 cm³/mol. The minimum absolute atomic E-state index is 0.131. The number of hydrogen-bond acceptors (Lipinski definition) is 3. The predicted octanol–water partition coefficient (Wildman–Crippen LogP) is 3.66. The summed E-state index contributed by atoms with van der Waals surface area (Å²) in [6.45, 7) is 8.75. The van der Waals surface area contributed by atoms with E-state index in [2.05, 4.69) is 25.8 Å². The molecule has 3 nitrogen and oxygen atoms in total. The zero-order valence-electron chi connectivity index (χ0n) is 13.4. The highest BCUT2D eigenvalue weighted by molar-refractivity contribution is 5.76. The van der Waals surface area contributed by atoms with Gasteiger partial charge in [0.15, 0.2) is 0 Å². The van der Waals surface area contributed by atoms with E-state index in [1.165, 1.54) is 38.5 Å². The largest absolute Gasteiger partial charge is 0.375 e. The number of ketones is 1. The van der Waals surface area contributed by atoms with Gasteiger partial charge in [-0.3, -0.25) is 4.79 Å². The fourth-order valence-corrected chi connectivity index (χ4v) is 2.16. The second kappa shape index (κ2) is 12.6. The number of rotatable bonds is 7. The van der Waals surface area contributed by atoms with E-state index >= 15 is 0 Å². The van der Waals surface area contributed by atoms with Crippen molar-refractivity contribution in [1.82, 2.24) is 4.90 Å². The van der Waals surface area contributed by atoms with Gasteiger partial charge in [-0.05, 0) is 14.0 Å². The lowest BCUT2D eigenvalue weighted by atomic mass is 10.1. The number of nitrogens with zero attached hydrogens (tertiary/aromatic N) is 1. The molecule has 19 heavy (non-hydrogen) atoms. The van der Waals surface area contributed by atoms with Crippen LogP contribution in [-0.4, -0.2) is 43.5 Å². The molecular formula is C16H33NO2. The number of carbonyl (C=O) groups excluding carboxylic acids is 1. The van der Waals surface area contributed by atoms with E-state index in [9.17, 15) is 4.79 Å². The Kier molecular flexibility index (Phi) is 12.3. The van der Waals surface area contributed by atoms with Gasteiger partial charge in [0.05, 0.1) is 12.7 Å². The van der Waals surface area contributed by atoms with E-state index in [0.29, 0.717) is 6.42 Å². The first kappa shape index (κ1) is 18.6. The molecule has 0 radical (unpaired) electrons. The van der Waals surface area contributed by atoms with Gasteiger partial charge < -0.3 is 9.64 Å². The summed E-state index contributed by atoms with van der Waals surface area (Å²) in [4.78, 5) is 12.9. The molecule has 0 aromatic carbocycles. The summed E-state index contributed by atoms with van der Waals surface area (Å²) in [7, 11) is 2.05. The standard InChI is InChI=1S/C8H15NO2.C8H18/c1-7(10)5-8-6-9(2)3-4-11-8;1-3-5-7-8-6-4-2/h8H,3-6H2,1-2H3;3-8H2,1-2H3. The number of Topliss-reactive ketones (excluding diaryl/α,β-unsaturated/α-hetero) is 1. The third-order valence-corrected chi connectivity index (χ3v) is 3.31. The maximum Gasteiger partial charge on any atom is 0.132 e. The summed E-state index contributed by atoms with van der Waals surface area (Å²) in [5.74, 6) is 0.213. The molecule has 0 aromatic heterocycles. The Morgan fingerprint density at radius 3 is 2.16 bits per heavy atom. The highest BCUT2D eigenvalue weighted by Gasteiger charge is 2.18. The number of morpholine rings is 1. The maximum absolute atomic E-state index is 10.7. The lowest BCUT2D eigenvalue weighted by Crippen LogP contribution is -2.40. The number of likely N-dealkylation sites (N-methyl/N-ethyl adjacent to an activating group) is 1. The van der Waals surface area contributed by atoms with Gasteiger partial charge in [-0.25, -0.2) is 0 Å². The van der Waals surface area contributed by atoms with Gasteiger partial charge in [-0.2, -0.15) is 0 Å². The van der Waals surface area contributed by atoms with Gasteiger partial charge in [0.25, 0.3) is 0 Å². The summed E-state index contributed by atoms with van der Waals surface area (Å²) < 4.78 is 5.40. The van der Waals surface area contributed by atoms with Crippen LogP contribution in [0.3, 0.4) is 0 Å². The van der Waals surface area contributed by atoms with Crippen LogP contribution in [0.4, 0.5) is 0 Å². The van der Waals surface area contributed by atoms with Gasteiger partial charge in [0.2, 0.25) is 0 Å². The molecule has 1 fully saturated rings. The van der Waals surface area contributed by atoms with E-state index in [4.69, 9.17) is 4.74 Å². The van der Waals surface area contributed by atoms with Crippen LogP contribution in [0.25, 0.3) is 0 Å². The van der Waals surface area contributed by atoms with Crippen molar-refractivity contribution >= 4 is 5.78 Å².